The Morgan fingerprint density at radius 3 is 3.00 bits per heavy atom. The topological polar surface area (TPSA) is 70.6 Å². The minimum atomic E-state index is -0.000442. The summed E-state index contributed by atoms with van der Waals surface area (Å²) in [4.78, 5) is 4.81. The summed E-state index contributed by atoms with van der Waals surface area (Å²) >= 11 is 7.12. The minimum Gasteiger partial charge on any atom is -0.368 e. The number of aliphatic imine (C=N–C) groups is 1. The molecule has 0 spiro atoms. The Labute approximate surface area is 78.6 Å². The van der Waals surface area contributed by atoms with Gasteiger partial charge in [-0.2, -0.15) is 0 Å². The van der Waals surface area contributed by atoms with Crippen LogP contribution in [0.1, 0.15) is 4.88 Å². The molecule has 4 nitrogen and oxygen atoms in total. The standard InChI is InChI=1S/C6H8ClN3OS/c7-5-2-1-4(12-5)3-9-6(8)10-11/h1-2,11H,3H2,(H3,8,9,10). The van der Waals surface area contributed by atoms with E-state index < -0.39 is 0 Å². The average molecular weight is 206 g/mol. The summed E-state index contributed by atoms with van der Waals surface area (Å²) < 4.78 is 0.718. The first-order chi connectivity index (χ1) is 5.72. The van der Waals surface area contributed by atoms with Crippen LogP contribution < -0.4 is 11.2 Å². The van der Waals surface area contributed by atoms with Gasteiger partial charge in [-0.3, -0.25) is 5.21 Å². The molecule has 1 rings (SSSR count). The summed E-state index contributed by atoms with van der Waals surface area (Å²) in [6.45, 7) is 0.427. The molecular weight excluding hydrogens is 198 g/mol. The first-order valence-electron chi connectivity index (χ1n) is 3.16. The van der Waals surface area contributed by atoms with Gasteiger partial charge in [0, 0.05) is 4.88 Å². The van der Waals surface area contributed by atoms with Gasteiger partial charge in [-0.1, -0.05) is 11.6 Å². The second-order valence-electron chi connectivity index (χ2n) is 2.02. The fraction of sp³-hybridized carbons (Fsp3) is 0.167. The van der Waals surface area contributed by atoms with Crippen molar-refractivity contribution in [3.8, 4) is 0 Å². The van der Waals surface area contributed by atoms with Crippen molar-refractivity contribution in [3.63, 3.8) is 0 Å². The molecule has 0 aliphatic heterocycles. The maximum Gasteiger partial charge on any atom is 0.213 e. The highest BCUT2D eigenvalue weighted by molar-refractivity contribution is 7.16. The molecule has 6 heteroatoms. The Balaban J connectivity index is 2.53. The van der Waals surface area contributed by atoms with E-state index in [4.69, 9.17) is 22.5 Å². The van der Waals surface area contributed by atoms with E-state index in [-0.39, 0.29) is 5.96 Å². The quantitative estimate of drug-likeness (QED) is 0.386. The Morgan fingerprint density at radius 2 is 2.50 bits per heavy atom. The number of thiophene rings is 1. The molecule has 0 radical (unpaired) electrons. The van der Waals surface area contributed by atoms with Gasteiger partial charge >= 0.3 is 0 Å². The monoisotopic (exact) mass is 205 g/mol. The van der Waals surface area contributed by atoms with Crippen LogP contribution in [0.2, 0.25) is 4.34 Å². The van der Waals surface area contributed by atoms with Crippen molar-refractivity contribution in [2.45, 2.75) is 6.54 Å². The van der Waals surface area contributed by atoms with Crippen molar-refractivity contribution >= 4 is 28.9 Å². The van der Waals surface area contributed by atoms with Crippen molar-refractivity contribution in [2.24, 2.45) is 10.7 Å². The molecule has 1 aromatic rings. The molecular formula is C6H8ClN3OS. The fourth-order valence-electron chi connectivity index (χ4n) is 0.635. The number of nitrogens with one attached hydrogen (secondary N) is 1. The third-order valence-corrected chi connectivity index (χ3v) is 2.36. The van der Waals surface area contributed by atoms with E-state index in [1.165, 1.54) is 11.3 Å². The molecule has 0 bridgehead atoms. The third kappa shape index (κ3) is 2.69. The number of hydroxylamine groups is 1. The maximum absolute atomic E-state index is 8.29. The fourth-order valence-corrected chi connectivity index (χ4v) is 1.65. The van der Waals surface area contributed by atoms with E-state index in [1.54, 1.807) is 11.5 Å². The lowest BCUT2D eigenvalue weighted by Gasteiger charge is -1.94. The van der Waals surface area contributed by atoms with Gasteiger partial charge in [0.2, 0.25) is 5.96 Å². The summed E-state index contributed by atoms with van der Waals surface area (Å²) in [7, 11) is 0. The summed E-state index contributed by atoms with van der Waals surface area (Å²) in [5.41, 5.74) is 6.93. The molecule has 0 amide bonds. The van der Waals surface area contributed by atoms with Gasteiger partial charge in [-0.05, 0) is 12.1 Å². The molecule has 0 atom stereocenters. The van der Waals surface area contributed by atoms with Gasteiger partial charge in [-0.25, -0.2) is 10.5 Å². The summed E-state index contributed by atoms with van der Waals surface area (Å²) in [5, 5.41) is 8.29. The van der Waals surface area contributed by atoms with E-state index in [1.807, 2.05) is 6.07 Å². The molecule has 1 heterocycles. The average Bonchev–Trinajstić information content (AvgIpc) is 2.47. The van der Waals surface area contributed by atoms with E-state index in [0.717, 1.165) is 9.21 Å². The van der Waals surface area contributed by atoms with Crippen LogP contribution in [-0.2, 0) is 6.54 Å². The van der Waals surface area contributed by atoms with Crippen LogP contribution in [0.5, 0.6) is 0 Å². The summed E-state index contributed by atoms with van der Waals surface area (Å²) in [6.07, 6.45) is 0. The molecule has 0 aromatic carbocycles. The SMILES string of the molecule is NC(=NCc1ccc(Cl)s1)NO. The van der Waals surface area contributed by atoms with Crippen LogP contribution in [0.4, 0.5) is 0 Å². The van der Waals surface area contributed by atoms with Crippen LogP contribution in [-0.4, -0.2) is 11.2 Å². The highest BCUT2D eigenvalue weighted by atomic mass is 35.5. The zero-order chi connectivity index (χ0) is 8.97. The molecule has 66 valence electrons. The van der Waals surface area contributed by atoms with Crippen LogP contribution in [0, 0.1) is 0 Å². The Bertz CT molecular complexity index is 286. The Kier molecular flexibility index (Phi) is 3.33. The molecule has 0 unspecified atom stereocenters. The van der Waals surface area contributed by atoms with Crippen molar-refractivity contribution in [1.29, 1.82) is 0 Å². The number of guanidine groups is 1. The maximum atomic E-state index is 8.29. The molecule has 1 aromatic heterocycles. The minimum absolute atomic E-state index is 0.000442. The molecule has 0 saturated heterocycles. The third-order valence-electron chi connectivity index (χ3n) is 1.15. The molecule has 12 heavy (non-hydrogen) atoms. The predicted octanol–water partition coefficient (Wildman–Crippen LogP) is 1.19. The van der Waals surface area contributed by atoms with Gasteiger partial charge in [0.25, 0.3) is 0 Å². The second-order valence-corrected chi connectivity index (χ2v) is 3.82. The van der Waals surface area contributed by atoms with Gasteiger partial charge < -0.3 is 5.73 Å². The lowest BCUT2D eigenvalue weighted by molar-refractivity contribution is 0.232. The number of nitrogens with two attached hydrogens (primary N) is 1. The van der Waals surface area contributed by atoms with Crippen LogP contribution in [0.3, 0.4) is 0 Å². The van der Waals surface area contributed by atoms with Gasteiger partial charge in [0.15, 0.2) is 0 Å². The van der Waals surface area contributed by atoms with E-state index in [0.29, 0.717) is 6.54 Å². The second kappa shape index (κ2) is 4.30. The van der Waals surface area contributed by atoms with Crippen LogP contribution in [0.25, 0.3) is 0 Å². The number of nitrogens with zero attached hydrogens (tertiary/aromatic N) is 1. The van der Waals surface area contributed by atoms with Crippen molar-refractivity contribution in [3.05, 3.63) is 21.3 Å². The van der Waals surface area contributed by atoms with Crippen molar-refractivity contribution in [1.82, 2.24) is 5.48 Å². The normalized spacial score (nSPS) is 11.7. The predicted molar refractivity (Wildman–Crippen MR) is 49.6 cm³/mol. The number of hydrogen-bond acceptors (Lipinski definition) is 3. The number of hydrogen-bond donors (Lipinski definition) is 3. The lowest BCUT2D eigenvalue weighted by Crippen LogP contribution is -2.28. The summed E-state index contributed by atoms with van der Waals surface area (Å²) in [5.74, 6) is -0.000442. The molecule has 0 aliphatic carbocycles. The first kappa shape index (κ1) is 9.31. The molecule has 0 aliphatic rings. The first-order valence-corrected chi connectivity index (χ1v) is 4.36. The van der Waals surface area contributed by atoms with Crippen LogP contribution in [0.15, 0.2) is 17.1 Å². The summed E-state index contributed by atoms with van der Waals surface area (Å²) in [6, 6.07) is 3.65. The Morgan fingerprint density at radius 1 is 1.75 bits per heavy atom. The smallest absolute Gasteiger partial charge is 0.213 e. The molecule has 0 saturated carbocycles. The van der Waals surface area contributed by atoms with Crippen LogP contribution >= 0.6 is 22.9 Å². The van der Waals surface area contributed by atoms with Gasteiger partial charge in [0.1, 0.15) is 0 Å². The number of rotatable bonds is 2. The van der Waals surface area contributed by atoms with Crippen molar-refractivity contribution < 1.29 is 5.21 Å². The zero-order valence-electron chi connectivity index (χ0n) is 6.12. The Hall–Kier alpha value is -0.780. The van der Waals surface area contributed by atoms with E-state index >= 15 is 0 Å². The molecule has 0 fully saturated rings. The highest BCUT2D eigenvalue weighted by Gasteiger charge is 1.96. The zero-order valence-corrected chi connectivity index (χ0v) is 7.69. The number of halogens is 1. The van der Waals surface area contributed by atoms with E-state index in [9.17, 15) is 0 Å². The van der Waals surface area contributed by atoms with Crippen molar-refractivity contribution in [2.75, 3.05) is 0 Å². The lowest BCUT2D eigenvalue weighted by atomic mass is 10.5. The van der Waals surface area contributed by atoms with E-state index in [2.05, 4.69) is 4.99 Å². The molecule has 4 N–H and O–H groups in total. The highest BCUT2D eigenvalue weighted by Crippen LogP contribution is 2.21. The van der Waals surface area contributed by atoms with Gasteiger partial charge in [-0.15, -0.1) is 11.3 Å². The van der Waals surface area contributed by atoms with Gasteiger partial charge in [0.05, 0.1) is 10.9 Å². The largest absolute Gasteiger partial charge is 0.368 e.